The van der Waals surface area contributed by atoms with Crippen LogP contribution in [-0.4, -0.2) is 41.1 Å². The van der Waals surface area contributed by atoms with Crippen molar-refractivity contribution in [2.75, 3.05) is 11.4 Å². The van der Waals surface area contributed by atoms with Crippen molar-refractivity contribution < 1.29 is 0 Å². The van der Waals surface area contributed by atoms with Gasteiger partial charge in [0.15, 0.2) is 11.5 Å². The molecule has 5 heterocycles. The first-order valence-electron chi connectivity index (χ1n) is 8.99. The SMILES string of the molecule is Cc1cc2nncn2nc1N1CCc2ncc(-c3c(C)cnn3C)cc2C1. The minimum absolute atomic E-state index is 0.768. The number of hydrogen-bond acceptors (Lipinski definition) is 6. The van der Waals surface area contributed by atoms with Gasteiger partial charge in [0.25, 0.3) is 0 Å². The van der Waals surface area contributed by atoms with Gasteiger partial charge in [-0.1, -0.05) is 0 Å². The molecule has 8 nitrogen and oxygen atoms in total. The third kappa shape index (κ3) is 2.56. The van der Waals surface area contributed by atoms with Gasteiger partial charge in [-0.3, -0.25) is 9.67 Å². The lowest BCUT2D eigenvalue weighted by atomic mass is 10.0. The fourth-order valence-electron chi connectivity index (χ4n) is 3.86. The summed E-state index contributed by atoms with van der Waals surface area (Å²) in [5.41, 5.74) is 7.65. The lowest BCUT2D eigenvalue weighted by Crippen LogP contribution is -2.32. The van der Waals surface area contributed by atoms with Crippen molar-refractivity contribution in [3.8, 4) is 11.3 Å². The van der Waals surface area contributed by atoms with E-state index in [1.54, 1.807) is 10.8 Å². The maximum Gasteiger partial charge on any atom is 0.177 e. The Bertz CT molecular complexity index is 1140. The maximum atomic E-state index is 4.74. The van der Waals surface area contributed by atoms with E-state index in [9.17, 15) is 0 Å². The van der Waals surface area contributed by atoms with Crippen molar-refractivity contribution >= 4 is 11.5 Å². The first kappa shape index (κ1) is 15.9. The molecule has 1 aliphatic heterocycles. The Kier molecular flexibility index (Phi) is 3.46. The van der Waals surface area contributed by atoms with E-state index in [1.165, 1.54) is 5.56 Å². The topological polar surface area (TPSA) is 77.0 Å². The van der Waals surface area contributed by atoms with E-state index >= 15 is 0 Å². The van der Waals surface area contributed by atoms with Crippen molar-refractivity contribution in [2.24, 2.45) is 7.05 Å². The smallest absolute Gasteiger partial charge is 0.177 e. The zero-order valence-corrected chi connectivity index (χ0v) is 15.6. The first-order valence-corrected chi connectivity index (χ1v) is 8.99. The molecule has 4 aromatic rings. The van der Waals surface area contributed by atoms with Gasteiger partial charge in [-0.25, -0.2) is 0 Å². The summed E-state index contributed by atoms with van der Waals surface area (Å²) in [6, 6.07) is 4.27. The molecule has 4 aromatic heterocycles. The van der Waals surface area contributed by atoms with Crippen LogP contribution < -0.4 is 4.90 Å². The molecule has 0 saturated heterocycles. The number of rotatable bonds is 2. The summed E-state index contributed by atoms with van der Waals surface area (Å²) in [4.78, 5) is 7.04. The quantitative estimate of drug-likeness (QED) is 0.545. The molecular weight excluding hydrogens is 340 g/mol. The van der Waals surface area contributed by atoms with Crippen LogP contribution in [0.4, 0.5) is 5.82 Å². The molecule has 0 aromatic carbocycles. The van der Waals surface area contributed by atoms with Gasteiger partial charge in [-0.15, -0.1) is 15.3 Å². The van der Waals surface area contributed by atoms with Crippen LogP contribution in [0.2, 0.25) is 0 Å². The first-order chi connectivity index (χ1) is 13.1. The van der Waals surface area contributed by atoms with Crippen molar-refractivity contribution in [1.29, 1.82) is 0 Å². The third-order valence-corrected chi connectivity index (χ3v) is 5.19. The molecule has 0 atom stereocenters. The van der Waals surface area contributed by atoms with E-state index in [1.807, 2.05) is 30.2 Å². The fourth-order valence-corrected chi connectivity index (χ4v) is 3.86. The van der Waals surface area contributed by atoms with E-state index in [0.717, 1.165) is 59.1 Å². The predicted octanol–water partition coefficient (Wildman–Crippen LogP) is 2.10. The minimum Gasteiger partial charge on any atom is -0.350 e. The number of aromatic nitrogens is 7. The summed E-state index contributed by atoms with van der Waals surface area (Å²) in [6.07, 6.45) is 6.40. The molecule has 0 radical (unpaired) electrons. The molecule has 5 rings (SSSR count). The Labute approximate surface area is 156 Å². The molecule has 0 unspecified atom stereocenters. The predicted molar refractivity (Wildman–Crippen MR) is 101 cm³/mol. The van der Waals surface area contributed by atoms with Crippen LogP contribution in [0, 0.1) is 13.8 Å². The van der Waals surface area contributed by atoms with E-state index in [4.69, 9.17) is 10.1 Å². The van der Waals surface area contributed by atoms with Crippen LogP contribution >= 0.6 is 0 Å². The van der Waals surface area contributed by atoms with Gasteiger partial charge in [0.1, 0.15) is 6.33 Å². The van der Waals surface area contributed by atoms with Crippen LogP contribution in [0.5, 0.6) is 0 Å². The van der Waals surface area contributed by atoms with Crippen molar-refractivity contribution in [1.82, 2.24) is 34.6 Å². The Morgan fingerprint density at radius 1 is 1.07 bits per heavy atom. The number of fused-ring (bicyclic) bond motifs is 2. The maximum absolute atomic E-state index is 4.74. The van der Waals surface area contributed by atoms with E-state index in [0.29, 0.717) is 0 Å². The number of aryl methyl sites for hydroxylation is 3. The molecule has 0 N–H and O–H groups in total. The van der Waals surface area contributed by atoms with Gasteiger partial charge < -0.3 is 4.90 Å². The van der Waals surface area contributed by atoms with Gasteiger partial charge in [0, 0.05) is 44.0 Å². The zero-order valence-electron chi connectivity index (χ0n) is 15.6. The Hall–Kier alpha value is -3.29. The molecular formula is C19H20N8. The standard InChI is InChI=1S/C19H20N8/c1-12-6-17-23-21-11-27(17)24-19(12)26-5-4-16-15(10-26)7-14(9-20-16)18-13(2)8-22-25(18)3/h6-9,11H,4-5,10H2,1-3H3. The Morgan fingerprint density at radius 2 is 1.96 bits per heavy atom. The van der Waals surface area contributed by atoms with E-state index in [-0.39, 0.29) is 0 Å². The number of anilines is 1. The van der Waals surface area contributed by atoms with Gasteiger partial charge in [0.05, 0.1) is 11.9 Å². The molecule has 0 fully saturated rings. The number of nitrogens with zero attached hydrogens (tertiary/aromatic N) is 8. The highest BCUT2D eigenvalue weighted by Crippen LogP contribution is 2.29. The summed E-state index contributed by atoms with van der Waals surface area (Å²) in [6.45, 7) is 5.83. The molecule has 0 spiro atoms. The van der Waals surface area contributed by atoms with Crippen LogP contribution in [0.25, 0.3) is 16.9 Å². The van der Waals surface area contributed by atoms with Crippen LogP contribution in [0.1, 0.15) is 22.4 Å². The summed E-state index contributed by atoms with van der Waals surface area (Å²) >= 11 is 0. The van der Waals surface area contributed by atoms with Crippen molar-refractivity contribution in [3.63, 3.8) is 0 Å². The molecule has 0 aliphatic carbocycles. The van der Waals surface area contributed by atoms with E-state index in [2.05, 4.69) is 40.1 Å². The number of pyridine rings is 1. The van der Waals surface area contributed by atoms with Gasteiger partial charge in [-0.2, -0.15) is 9.61 Å². The highest BCUT2D eigenvalue weighted by atomic mass is 15.4. The zero-order chi connectivity index (χ0) is 18.5. The van der Waals surface area contributed by atoms with Gasteiger partial charge in [-0.05, 0) is 42.7 Å². The van der Waals surface area contributed by atoms with Crippen LogP contribution in [0.15, 0.2) is 30.9 Å². The Balaban J connectivity index is 1.53. The average Bonchev–Trinajstić information content (AvgIpc) is 3.25. The molecule has 0 bridgehead atoms. The Morgan fingerprint density at radius 3 is 2.78 bits per heavy atom. The molecule has 0 amide bonds. The van der Waals surface area contributed by atoms with Crippen LogP contribution in [0.3, 0.4) is 0 Å². The lowest BCUT2D eigenvalue weighted by Gasteiger charge is -2.30. The summed E-state index contributed by atoms with van der Waals surface area (Å²) in [7, 11) is 1.97. The monoisotopic (exact) mass is 360 g/mol. The third-order valence-electron chi connectivity index (χ3n) is 5.19. The highest BCUT2D eigenvalue weighted by molar-refractivity contribution is 5.64. The fraction of sp³-hybridized carbons (Fsp3) is 0.316. The molecule has 136 valence electrons. The van der Waals surface area contributed by atoms with Gasteiger partial charge in [0.2, 0.25) is 0 Å². The molecule has 8 heteroatoms. The largest absolute Gasteiger partial charge is 0.350 e. The average molecular weight is 360 g/mol. The second-order valence-corrected chi connectivity index (χ2v) is 7.09. The summed E-state index contributed by atoms with van der Waals surface area (Å²) in [5, 5.41) is 17.1. The number of hydrogen-bond donors (Lipinski definition) is 0. The van der Waals surface area contributed by atoms with Crippen molar-refractivity contribution in [3.05, 3.63) is 53.2 Å². The summed E-state index contributed by atoms with van der Waals surface area (Å²) < 4.78 is 3.64. The van der Waals surface area contributed by atoms with Gasteiger partial charge >= 0.3 is 0 Å². The molecule has 27 heavy (non-hydrogen) atoms. The molecule has 0 saturated carbocycles. The second kappa shape index (κ2) is 5.87. The summed E-state index contributed by atoms with van der Waals surface area (Å²) in [5.74, 6) is 0.968. The molecule has 1 aliphatic rings. The van der Waals surface area contributed by atoms with Crippen molar-refractivity contribution in [2.45, 2.75) is 26.8 Å². The normalized spacial score (nSPS) is 14.0. The highest BCUT2D eigenvalue weighted by Gasteiger charge is 2.22. The lowest BCUT2D eigenvalue weighted by molar-refractivity contribution is 0.688. The van der Waals surface area contributed by atoms with E-state index < -0.39 is 0 Å². The second-order valence-electron chi connectivity index (χ2n) is 7.09. The minimum atomic E-state index is 0.768. The van der Waals surface area contributed by atoms with Crippen LogP contribution in [-0.2, 0) is 20.0 Å².